The van der Waals surface area contributed by atoms with Crippen molar-refractivity contribution in [1.29, 1.82) is 0 Å². The summed E-state index contributed by atoms with van der Waals surface area (Å²) in [6, 6.07) is 7.49. The van der Waals surface area contributed by atoms with Gasteiger partial charge in [-0.2, -0.15) is 4.31 Å². The fourth-order valence-electron chi connectivity index (χ4n) is 2.72. The molecule has 6 nitrogen and oxygen atoms in total. The molecule has 0 spiro atoms. The van der Waals surface area contributed by atoms with Gasteiger partial charge in [0.2, 0.25) is 10.0 Å². The predicted octanol–water partition coefficient (Wildman–Crippen LogP) is 2.97. The van der Waals surface area contributed by atoms with Crippen LogP contribution in [0, 0.1) is 11.6 Å². The summed E-state index contributed by atoms with van der Waals surface area (Å²) in [4.78, 5) is 11.3. The number of methoxy groups -OCH3 is 1. The van der Waals surface area contributed by atoms with Crippen LogP contribution >= 0.6 is 0 Å². The Kier molecular flexibility index (Phi) is 5.43. The summed E-state index contributed by atoms with van der Waals surface area (Å²) in [6.07, 6.45) is -0.307. The SMILES string of the molecule is COC(=O)CCS(=O)(=O)N1Cc2cc(F)ccc2Oc2cc(F)ccc2C1. The number of carbonyl (C=O) groups is 1. The van der Waals surface area contributed by atoms with E-state index in [9.17, 15) is 22.0 Å². The molecule has 0 bridgehead atoms. The molecule has 0 radical (unpaired) electrons. The van der Waals surface area contributed by atoms with Crippen LogP contribution in [0.25, 0.3) is 0 Å². The number of carbonyl (C=O) groups excluding carboxylic acids is 1. The molecule has 2 aromatic carbocycles. The van der Waals surface area contributed by atoms with Crippen molar-refractivity contribution < 1.29 is 31.5 Å². The second-order valence-electron chi connectivity index (χ2n) is 6.02. The highest BCUT2D eigenvalue weighted by atomic mass is 32.2. The summed E-state index contributed by atoms with van der Waals surface area (Å²) in [5.41, 5.74) is 0.750. The number of ether oxygens (including phenoxy) is 2. The highest BCUT2D eigenvalue weighted by molar-refractivity contribution is 7.89. The van der Waals surface area contributed by atoms with E-state index in [0.717, 1.165) is 10.4 Å². The maximum Gasteiger partial charge on any atom is 0.306 e. The zero-order valence-electron chi connectivity index (χ0n) is 14.4. The molecule has 0 unspecified atom stereocenters. The quantitative estimate of drug-likeness (QED) is 0.742. The van der Waals surface area contributed by atoms with Gasteiger partial charge in [0.1, 0.15) is 23.1 Å². The molecule has 0 fully saturated rings. The maximum absolute atomic E-state index is 13.7. The Bertz CT molecular complexity index is 978. The van der Waals surface area contributed by atoms with E-state index >= 15 is 0 Å². The lowest BCUT2D eigenvalue weighted by Gasteiger charge is -2.27. The molecule has 0 aliphatic carbocycles. The van der Waals surface area contributed by atoms with Gasteiger partial charge in [-0.25, -0.2) is 17.2 Å². The van der Waals surface area contributed by atoms with E-state index in [2.05, 4.69) is 4.74 Å². The monoisotopic (exact) mass is 397 g/mol. The van der Waals surface area contributed by atoms with Gasteiger partial charge < -0.3 is 9.47 Å². The number of nitrogens with zero attached hydrogens (tertiary/aromatic N) is 1. The third-order valence-electron chi connectivity index (χ3n) is 4.15. The molecule has 1 aliphatic heterocycles. The molecule has 0 saturated carbocycles. The predicted molar refractivity (Wildman–Crippen MR) is 92.5 cm³/mol. The number of sulfonamides is 1. The van der Waals surface area contributed by atoms with Crippen molar-refractivity contribution in [2.45, 2.75) is 19.5 Å². The van der Waals surface area contributed by atoms with Gasteiger partial charge in [-0.05, 0) is 24.3 Å². The van der Waals surface area contributed by atoms with Crippen LogP contribution < -0.4 is 4.74 Å². The Balaban J connectivity index is 2.02. The van der Waals surface area contributed by atoms with Crippen LogP contribution in [0.5, 0.6) is 11.5 Å². The van der Waals surface area contributed by atoms with Crippen molar-refractivity contribution in [2.24, 2.45) is 0 Å². The van der Waals surface area contributed by atoms with Crippen molar-refractivity contribution in [3.8, 4) is 11.5 Å². The molecule has 0 atom stereocenters. The third-order valence-corrected chi connectivity index (χ3v) is 5.92. The van der Waals surface area contributed by atoms with E-state index in [1.165, 1.54) is 37.4 Å². The molecular formula is C18H17F2NO5S. The Labute approximate surface area is 155 Å². The average molecular weight is 397 g/mol. The number of benzene rings is 2. The second kappa shape index (κ2) is 7.61. The zero-order valence-corrected chi connectivity index (χ0v) is 15.3. The van der Waals surface area contributed by atoms with E-state index in [1.807, 2.05) is 0 Å². The average Bonchev–Trinajstić information content (AvgIpc) is 2.61. The number of fused-ring (bicyclic) bond motifs is 2. The molecule has 27 heavy (non-hydrogen) atoms. The summed E-state index contributed by atoms with van der Waals surface area (Å²) in [5, 5.41) is 0. The van der Waals surface area contributed by atoms with Gasteiger partial charge >= 0.3 is 5.97 Å². The first-order valence-electron chi connectivity index (χ1n) is 8.08. The van der Waals surface area contributed by atoms with Gasteiger partial charge in [0.05, 0.1) is 19.3 Å². The van der Waals surface area contributed by atoms with Crippen molar-refractivity contribution in [2.75, 3.05) is 12.9 Å². The zero-order chi connectivity index (χ0) is 19.6. The van der Waals surface area contributed by atoms with Crippen LogP contribution in [0.2, 0.25) is 0 Å². The van der Waals surface area contributed by atoms with Crippen molar-refractivity contribution in [3.05, 3.63) is 59.2 Å². The molecule has 9 heteroatoms. The lowest BCUT2D eigenvalue weighted by Crippen LogP contribution is -2.34. The van der Waals surface area contributed by atoms with E-state index in [1.54, 1.807) is 0 Å². The minimum Gasteiger partial charge on any atom is -0.469 e. The van der Waals surface area contributed by atoms with Crippen LogP contribution in [-0.4, -0.2) is 31.6 Å². The Morgan fingerprint density at radius 1 is 1.07 bits per heavy atom. The third kappa shape index (κ3) is 4.42. The molecule has 0 amide bonds. The minimum atomic E-state index is -3.88. The Morgan fingerprint density at radius 2 is 1.74 bits per heavy atom. The number of hydrogen-bond acceptors (Lipinski definition) is 5. The van der Waals surface area contributed by atoms with E-state index in [0.29, 0.717) is 11.1 Å². The summed E-state index contributed by atoms with van der Waals surface area (Å²) >= 11 is 0. The first-order valence-corrected chi connectivity index (χ1v) is 9.69. The highest BCUT2D eigenvalue weighted by Crippen LogP contribution is 2.34. The first-order chi connectivity index (χ1) is 12.8. The summed E-state index contributed by atoms with van der Waals surface area (Å²) in [5.74, 6) is -1.82. The van der Waals surface area contributed by atoms with Gasteiger partial charge in [-0.15, -0.1) is 0 Å². The van der Waals surface area contributed by atoms with Crippen LogP contribution in [0.1, 0.15) is 17.5 Å². The van der Waals surface area contributed by atoms with Crippen molar-refractivity contribution >= 4 is 16.0 Å². The van der Waals surface area contributed by atoms with Gasteiger partial charge in [-0.1, -0.05) is 6.07 Å². The smallest absolute Gasteiger partial charge is 0.306 e. The van der Waals surface area contributed by atoms with E-state index < -0.39 is 33.4 Å². The van der Waals surface area contributed by atoms with Crippen LogP contribution in [-0.2, 0) is 32.6 Å². The molecule has 2 aromatic rings. The topological polar surface area (TPSA) is 72.9 Å². The van der Waals surface area contributed by atoms with E-state index in [4.69, 9.17) is 4.74 Å². The summed E-state index contributed by atoms with van der Waals surface area (Å²) < 4.78 is 64.1. The number of hydrogen-bond donors (Lipinski definition) is 0. The first kappa shape index (κ1) is 19.2. The van der Waals surface area contributed by atoms with Crippen LogP contribution in [0.15, 0.2) is 36.4 Å². The van der Waals surface area contributed by atoms with Crippen molar-refractivity contribution in [3.63, 3.8) is 0 Å². The summed E-state index contributed by atoms with van der Waals surface area (Å²) in [6.45, 7) is -0.248. The van der Waals surface area contributed by atoms with Crippen LogP contribution in [0.3, 0.4) is 0 Å². The standard InChI is InChI=1S/C18H17F2NO5S/c1-25-18(22)6-7-27(23,24)21-10-12-2-3-15(20)9-17(12)26-16-5-4-14(19)8-13(16)11-21/h2-5,8-9H,6-7,10-11H2,1H3. The second-order valence-corrected chi connectivity index (χ2v) is 8.10. The molecule has 3 rings (SSSR count). The van der Waals surface area contributed by atoms with Gasteiger partial charge in [0, 0.05) is 30.3 Å². The van der Waals surface area contributed by atoms with Crippen molar-refractivity contribution in [1.82, 2.24) is 4.31 Å². The minimum absolute atomic E-state index is 0.102. The van der Waals surface area contributed by atoms with E-state index in [-0.39, 0.29) is 31.0 Å². The lowest BCUT2D eigenvalue weighted by molar-refractivity contribution is -0.140. The number of rotatable bonds is 4. The Hall–Kier alpha value is -2.52. The van der Waals surface area contributed by atoms with Gasteiger partial charge in [0.15, 0.2) is 0 Å². The van der Waals surface area contributed by atoms with Gasteiger partial charge in [-0.3, -0.25) is 4.79 Å². The fraction of sp³-hybridized carbons (Fsp3) is 0.278. The summed E-state index contributed by atoms with van der Waals surface area (Å²) in [7, 11) is -2.70. The Morgan fingerprint density at radius 3 is 2.48 bits per heavy atom. The molecule has 0 aromatic heterocycles. The molecule has 0 N–H and O–H groups in total. The number of esters is 1. The van der Waals surface area contributed by atoms with Crippen LogP contribution in [0.4, 0.5) is 8.78 Å². The maximum atomic E-state index is 13.7. The largest absolute Gasteiger partial charge is 0.469 e. The molecule has 144 valence electrons. The highest BCUT2D eigenvalue weighted by Gasteiger charge is 2.28. The molecule has 1 heterocycles. The van der Waals surface area contributed by atoms with Gasteiger partial charge in [0.25, 0.3) is 0 Å². The molecular weight excluding hydrogens is 380 g/mol. The molecule has 0 saturated heterocycles. The fourth-order valence-corrected chi connectivity index (χ4v) is 4.07. The normalized spacial score (nSPS) is 14.3. The number of halogens is 2. The lowest BCUT2D eigenvalue weighted by atomic mass is 10.1. The molecule has 1 aliphatic rings.